The Balaban J connectivity index is 1.49. The molecular formula is C15H21N3O2. The van der Waals surface area contributed by atoms with Gasteiger partial charge in [-0.3, -0.25) is 4.99 Å². The van der Waals surface area contributed by atoms with E-state index in [4.69, 9.17) is 9.47 Å². The van der Waals surface area contributed by atoms with Gasteiger partial charge in [-0.15, -0.1) is 0 Å². The first kappa shape index (κ1) is 13.1. The lowest BCUT2D eigenvalue weighted by Crippen LogP contribution is -2.46. The van der Waals surface area contributed by atoms with E-state index in [9.17, 15) is 0 Å². The molecule has 3 rings (SSSR count). The number of rotatable bonds is 3. The van der Waals surface area contributed by atoms with Gasteiger partial charge in [-0.1, -0.05) is 19.1 Å². The monoisotopic (exact) mass is 275 g/mol. The first-order chi connectivity index (χ1) is 9.76. The summed E-state index contributed by atoms with van der Waals surface area (Å²) in [4.78, 5) is 4.23. The number of hydrogen-bond donors (Lipinski definition) is 2. The molecule has 1 saturated carbocycles. The maximum Gasteiger partial charge on any atom is 0.191 e. The van der Waals surface area contributed by atoms with Gasteiger partial charge in [0, 0.05) is 13.1 Å². The molecule has 1 aliphatic heterocycles. The maximum absolute atomic E-state index is 5.90. The molecule has 0 aromatic heterocycles. The second-order valence-electron chi connectivity index (χ2n) is 5.41. The van der Waals surface area contributed by atoms with E-state index < -0.39 is 0 Å². The van der Waals surface area contributed by atoms with Crippen LogP contribution in [0.25, 0.3) is 0 Å². The van der Waals surface area contributed by atoms with Gasteiger partial charge < -0.3 is 20.1 Å². The Morgan fingerprint density at radius 2 is 2.10 bits per heavy atom. The molecule has 3 unspecified atom stereocenters. The second-order valence-corrected chi connectivity index (χ2v) is 5.41. The number of guanidine groups is 1. The molecule has 0 bridgehead atoms. The smallest absolute Gasteiger partial charge is 0.191 e. The zero-order valence-corrected chi connectivity index (χ0v) is 11.9. The number of hydrogen-bond acceptors (Lipinski definition) is 3. The number of fused-ring (bicyclic) bond motifs is 1. The van der Waals surface area contributed by atoms with Crippen molar-refractivity contribution in [2.45, 2.75) is 25.5 Å². The van der Waals surface area contributed by atoms with Gasteiger partial charge in [-0.05, 0) is 24.5 Å². The molecule has 0 spiro atoms. The van der Waals surface area contributed by atoms with Crippen LogP contribution >= 0.6 is 0 Å². The van der Waals surface area contributed by atoms with Gasteiger partial charge in [0.1, 0.15) is 12.7 Å². The molecule has 5 nitrogen and oxygen atoms in total. The summed E-state index contributed by atoms with van der Waals surface area (Å²) in [6.45, 7) is 3.47. The van der Waals surface area contributed by atoms with E-state index in [1.54, 1.807) is 7.05 Å². The molecule has 1 heterocycles. The Hall–Kier alpha value is -1.91. The summed E-state index contributed by atoms with van der Waals surface area (Å²) in [6, 6.07) is 8.32. The molecule has 1 fully saturated rings. The van der Waals surface area contributed by atoms with Crippen molar-refractivity contribution in [3.05, 3.63) is 24.3 Å². The highest BCUT2D eigenvalue weighted by molar-refractivity contribution is 5.80. The van der Waals surface area contributed by atoms with Crippen molar-refractivity contribution in [2.75, 3.05) is 20.2 Å². The Labute approximate surface area is 119 Å². The molecule has 5 heteroatoms. The second kappa shape index (κ2) is 5.61. The van der Waals surface area contributed by atoms with Gasteiger partial charge in [-0.2, -0.15) is 0 Å². The van der Waals surface area contributed by atoms with E-state index in [2.05, 4.69) is 22.5 Å². The molecule has 1 aromatic rings. The van der Waals surface area contributed by atoms with E-state index in [1.165, 1.54) is 6.42 Å². The predicted octanol–water partition coefficient (Wildman–Crippen LogP) is 1.40. The van der Waals surface area contributed by atoms with Crippen LogP contribution in [0.15, 0.2) is 29.3 Å². The van der Waals surface area contributed by atoms with Crippen LogP contribution in [0.3, 0.4) is 0 Å². The highest BCUT2D eigenvalue weighted by Crippen LogP contribution is 2.31. The standard InChI is InChI=1S/C15H21N3O2/c1-10-7-12(10)18-15(16-2)17-8-11-9-19-13-5-3-4-6-14(13)20-11/h3-6,10-12H,7-9H2,1-2H3,(H2,16,17,18). The van der Waals surface area contributed by atoms with Crippen LogP contribution in [0.2, 0.25) is 0 Å². The van der Waals surface area contributed by atoms with Crippen molar-refractivity contribution in [3.63, 3.8) is 0 Å². The number of para-hydroxylation sites is 2. The summed E-state index contributed by atoms with van der Waals surface area (Å²) < 4.78 is 11.6. The van der Waals surface area contributed by atoms with Crippen LogP contribution in [0.4, 0.5) is 0 Å². The van der Waals surface area contributed by atoms with Crippen molar-refractivity contribution in [1.29, 1.82) is 0 Å². The van der Waals surface area contributed by atoms with Crippen molar-refractivity contribution in [2.24, 2.45) is 10.9 Å². The van der Waals surface area contributed by atoms with E-state index in [1.807, 2.05) is 24.3 Å². The molecule has 0 radical (unpaired) electrons. The lowest BCUT2D eigenvalue weighted by atomic mass is 10.2. The van der Waals surface area contributed by atoms with Crippen molar-refractivity contribution in [3.8, 4) is 11.5 Å². The van der Waals surface area contributed by atoms with E-state index in [0.29, 0.717) is 19.2 Å². The highest BCUT2D eigenvalue weighted by Gasteiger charge is 2.33. The largest absolute Gasteiger partial charge is 0.486 e. The molecule has 2 aliphatic rings. The minimum Gasteiger partial charge on any atom is -0.486 e. The van der Waals surface area contributed by atoms with Gasteiger partial charge in [0.25, 0.3) is 0 Å². The summed E-state index contributed by atoms with van der Waals surface area (Å²) in [5, 5.41) is 6.69. The summed E-state index contributed by atoms with van der Waals surface area (Å²) in [5.74, 6) is 3.21. The Bertz CT molecular complexity index is 504. The van der Waals surface area contributed by atoms with Crippen LogP contribution in [-0.4, -0.2) is 38.3 Å². The quantitative estimate of drug-likeness (QED) is 0.647. The fourth-order valence-electron chi connectivity index (χ4n) is 2.27. The molecule has 0 amide bonds. The number of nitrogens with zero attached hydrogens (tertiary/aromatic N) is 1. The fraction of sp³-hybridized carbons (Fsp3) is 0.533. The summed E-state index contributed by atoms with van der Waals surface area (Å²) >= 11 is 0. The Kier molecular flexibility index (Phi) is 3.67. The third-order valence-electron chi connectivity index (χ3n) is 3.72. The molecular weight excluding hydrogens is 254 g/mol. The van der Waals surface area contributed by atoms with Crippen LogP contribution in [0.5, 0.6) is 11.5 Å². The fourth-order valence-corrected chi connectivity index (χ4v) is 2.27. The molecule has 1 aromatic carbocycles. The summed E-state index contributed by atoms with van der Waals surface area (Å²) in [7, 11) is 1.79. The average Bonchev–Trinajstić information content (AvgIpc) is 3.18. The molecule has 0 saturated heterocycles. The number of aliphatic imine (C=N–C) groups is 1. The van der Waals surface area contributed by atoms with Gasteiger partial charge in [0.2, 0.25) is 0 Å². The summed E-state index contributed by atoms with van der Waals surface area (Å²) in [6.07, 6.45) is 1.22. The number of benzene rings is 1. The molecule has 20 heavy (non-hydrogen) atoms. The minimum atomic E-state index is 0.0000709. The van der Waals surface area contributed by atoms with Crippen LogP contribution in [-0.2, 0) is 0 Å². The number of ether oxygens (including phenoxy) is 2. The SMILES string of the molecule is CN=C(NCC1COc2ccccc2O1)NC1CC1C. The Morgan fingerprint density at radius 3 is 2.80 bits per heavy atom. The van der Waals surface area contributed by atoms with Crippen molar-refractivity contribution >= 4 is 5.96 Å². The zero-order valence-electron chi connectivity index (χ0n) is 11.9. The molecule has 108 valence electrons. The highest BCUT2D eigenvalue weighted by atomic mass is 16.6. The molecule has 2 N–H and O–H groups in total. The zero-order chi connectivity index (χ0) is 13.9. The van der Waals surface area contributed by atoms with Crippen LogP contribution in [0.1, 0.15) is 13.3 Å². The van der Waals surface area contributed by atoms with E-state index in [-0.39, 0.29) is 6.10 Å². The van der Waals surface area contributed by atoms with Crippen LogP contribution < -0.4 is 20.1 Å². The lowest BCUT2D eigenvalue weighted by molar-refractivity contribution is 0.0936. The third kappa shape index (κ3) is 2.98. The Morgan fingerprint density at radius 1 is 1.35 bits per heavy atom. The third-order valence-corrected chi connectivity index (χ3v) is 3.72. The summed E-state index contributed by atoms with van der Waals surface area (Å²) in [5.41, 5.74) is 0. The predicted molar refractivity (Wildman–Crippen MR) is 78.4 cm³/mol. The number of nitrogens with one attached hydrogen (secondary N) is 2. The maximum atomic E-state index is 5.90. The average molecular weight is 275 g/mol. The van der Waals surface area contributed by atoms with Gasteiger partial charge in [0.05, 0.1) is 6.54 Å². The first-order valence-electron chi connectivity index (χ1n) is 7.12. The van der Waals surface area contributed by atoms with Crippen molar-refractivity contribution < 1.29 is 9.47 Å². The van der Waals surface area contributed by atoms with Gasteiger partial charge in [-0.25, -0.2) is 0 Å². The molecule has 1 aliphatic carbocycles. The van der Waals surface area contributed by atoms with E-state index >= 15 is 0 Å². The van der Waals surface area contributed by atoms with Gasteiger partial charge in [0.15, 0.2) is 17.5 Å². The first-order valence-corrected chi connectivity index (χ1v) is 7.12. The van der Waals surface area contributed by atoms with Gasteiger partial charge >= 0.3 is 0 Å². The topological polar surface area (TPSA) is 54.9 Å². The normalized spacial score (nSPS) is 27.9. The van der Waals surface area contributed by atoms with Crippen LogP contribution in [0, 0.1) is 5.92 Å². The lowest BCUT2D eigenvalue weighted by Gasteiger charge is -2.27. The minimum absolute atomic E-state index is 0.0000709. The molecule has 3 atom stereocenters. The van der Waals surface area contributed by atoms with E-state index in [0.717, 1.165) is 23.4 Å². The van der Waals surface area contributed by atoms with Crippen molar-refractivity contribution in [1.82, 2.24) is 10.6 Å².